The first-order chi connectivity index (χ1) is 11.2. The average molecular weight is 334 g/mol. The number of hydrogen-bond donors (Lipinski definition) is 1. The summed E-state index contributed by atoms with van der Waals surface area (Å²) in [7, 11) is 0. The standard InChI is InChI=1S/C19H26O5/c1-7-19(6)14(11(4)8-20)15(23-9-10(2)3)13-12(5)18(22)24-16(13)17(19)21/h7-8,10,13-17,21H,1,4-5,9H2,2-3,6H3/t13-,14-,15-,16-,17-,19+/m0/s1. The number of hydrogen-bond acceptors (Lipinski definition) is 5. The summed E-state index contributed by atoms with van der Waals surface area (Å²) in [4.78, 5) is 23.5. The molecule has 0 radical (unpaired) electrons. The molecule has 0 amide bonds. The van der Waals surface area contributed by atoms with Crippen LogP contribution in [-0.4, -0.2) is 42.3 Å². The fraction of sp³-hybridized carbons (Fsp3) is 0.579. The van der Waals surface area contributed by atoms with Crippen LogP contribution in [0.15, 0.2) is 37.0 Å². The Hall–Kier alpha value is -1.72. The van der Waals surface area contributed by atoms with Gasteiger partial charge in [0, 0.05) is 23.5 Å². The molecule has 0 bridgehead atoms. The Bertz CT molecular complexity index is 578. The van der Waals surface area contributed by atoms with Gasteiger partial charge >= 0.3 is 5.97 Å². The second-order valence-electron chi connectivity index (χ2n) is 7.30. The number of rotatable bonds is 6. The Morgan fingerprint density at radius 3 is 2.62 bits per heavy atom. The minimum Gasteiger partial charge on any atom is -0.455 e. The molecule has 24 heavy (non-hydrogen) atoms. The molecule has 0 aromatic heterocycles. The van der Waals surface area contributed by atoms with E-state index in [0.717, 1.165) is 0 Å². The summed E-state index contributed by atoms with van der Waals surface area (Å²) >= 11 is 0. The van der Waals surface area contributed by atoms with Gasteiger partial charge in [0.1, 0.15) is 18.5 Å². The molecule has 1 aliphatic carbocycles. The second-order valence-corrected chi connectivity index (χ2v) is 7.30. The van der Waals surface area contributed by atoms with Gasteiger partial charge in [-0.3, -0.25) is 4.79 Å². The number of carbonyl (C=O) groups is 2. The van der Waals surface area contributed by atoms with E-state index in [1.807, 2.05) is 13.8 Å². The van der Waals surface area contributed by atoms with Crippen LogP contribution in [0.25, 0.3) is 0 Å². The van der Waals surface area contributed by atoms with Crippen LogP contribution in [0.2, 0.25) is 0 Å². The maximum absolute atomic E-state index is 12.0. The number of ether oxygens (including phenoxy) is 2. The van der Waals surface area contributed by atoms with Crippen molar-refractivity contribution in [3.63, 3.8) is 0 Å². The van der Waals surface area contributed by atoms with Crippen LogP contribution >= 0.6 is 0 Å². The zero-order valence-corrected chi connectivity index (χ0v) is 14.5. The van der Waals surface area contributed by atoms with Crippen molar-refractivity contribution >= 4 is 12.3 Å². The molecule has 1 N–H and O–H groups in total. The molecule has 1 aliphatic heterocycles. The fourth-order valence-electron chi connectivity index (χ4n) is 3.79. The van der Waals surface area contributed by atoms with Crippen LogP contribution in [0.4, 0.5) is 0 Å². The molecule has 1 saturated carbocycles. The van der Waals surface area contributed by atoms with Crippen LogP contribution in [0.5, 0.6) is 0 Å². The molecule has 2 fully saturated rings. The number of aliphatic hydroxyl groups excluding tert-OH is 1. The highest BCUT2D eigenvalue weighted by Crippen LogP contribution is 2.53. The van der Waals surface area contributed by atoms with Gasteiger partial charge in [-0.05, 0) is 11.5 Å². The van der Waals surface area contributed by atoms with Crippen molar-refractivity contribution in [1.29, 1.82) is 0 Å². The molecule has 2 rings (SSSR count). The molecule has 5 nitrogen and oxygen atoms in total. The van der Waals surface area contributed by atoms with E-state index in [-0.39, 0.29) is 11.5 Å². The second kappa shape index (κ2) is 6.65. The summed E-state index contributed by atoms with van der Waals surface area (Å²) in [6.07, 6.45) is -0.0652. The topological polar surface area (TPSA) is 72.8 Å². The fourth-order valence-corrected chi connectivity index (χ4v) is 3.79. The lowest BCUT2D eigenvalue weighted by molar-refractivity contribution is -0.177. The molecule has 2 aliphatic rings. The normalized spacial score (nSPS) is 38.6. The number of esters is 1. The molecule has 0 spiro atoms. The summed E-state index contributed by atoms with van der Waals surface area (Å²) in [5.74, 6) is -1.30. The van der Waals surface area contributed by atoms with Gasteiger partial charge in [0.25, 0.3) is 0 Å². The monoisotopic (exact) mass is 334 g/mol. The maximum Gasteiger partial charge on any atom is 0.334 e. The van der Waals surface area contributed by atoms with Gasteiger partial charge in [-0.1, -0.05) is 40.0 Å². The molecule has 5 heteroatoms. The zero-order valence-electron chi connectivity index (χ0n) is 14.5. The summed E-state index contributed by atoms with van der Waals surface area (Å²) in [5.41, 5.74) is -0.343. The predicted octanol–water partition coefficient (Wildman–Crippen LogP) is 2.06. The predicted molar refractivity (Wildman–Crippen MR) is 90.1 cm³/mol. The summed E-state index contributed by atoms with van der Waals surface area (Å²) in [5, 5.41) is 10.8. The largest absolute Gasteiger partial charge is 0.455 e. The Balaban J connectivity index is 2.54. The molecule has 132 valence electrons. The smallest absolute Gasteiger partial charge is 0.334 e. The van der Waals surface area contributed by atoms with Crippen molar-refractivity contribution in [3.05, 3.63) is 37.0 Å². The molecular weight excluding hydrogens is 308 g/mol. The molecular formula is C19H26O5. The molecule has 0 aromatic carbocycles. The van der Waals surface area contributed by atoms with Crippen LogP contribution in [0, 0.1) is 23.2 Å². The van der Waals surface area contributed by atoms with Crippen molar-refractivity contribution in [3.8, 4) is 0 Å². The van der Waals surface area contributed by atoms with Gasteiger partial charge in [0.15, 0.2) is 0 Å². The van der Waals surface area contributed by atoms with Crippen molar-refractivity contribution in [1.82, 2.24) is 0 Å². The minimum absolute atomic E-state index is 0.265. The number of aliphatic hydroxyl groups is 1. The molecule has 0 unspecified atom stereocenters. The zero-order chi connectivity index (χ0) is 18.2. The minimum atomic E-state index is -1.02. The van der Waals surface area contributed by atoms with Crippen LogP contribution in [0.3, 0.4) is 0 Å². The average Bonchev–Trinajstić information content (AvgIpc) is 2.84. The van der Waals surface area contributed by atoms with E-state index in [4.69, 9.17) is 9.47 Å². The Labute approximate surface area is 143 Å². The van der Waals surface area contributed by atoms with E-state index in [0.29, 0.717) is 18.5 Å². The quantitative estimate of drug-likeness (QED) is 0.348. The lowest BCUT2D eigenvalue weighted by Crippen LogP contribution is -2.60. The Kier molecular flexibility index (Phi) is 5.16. The summed E-state index contributed by atoms with van der Waals surface area (Å²) in [6.45, 7) is 17.7. The molecule has 0 aromatic rings. The van der Waals surface area contributed by atoms with E-state index in [1.54, 1.807) is 13.0 Å². The van der Waals surface area contributed by atoms with E-state index in [1.165, 1.54) is 0 Å². The van der Waals surface area contributed by atoms with E-state index < -0.39 is 41.5 Å². The first-order valence-electron chi connectivity index (χ1n) is 8.16. The van der Waals surface area contributed by atoms with E-state index >= 15 is 0 Å². The number of fused-ring (bicyclic) bond motifs is 1. The van der Waals surface area contributed by atoms with Crippen LogP contribution in [0.1, 0.15) is 20.8 Å². The van der Waals surface area contributed by atoms with Crippen LogP contribution in [-0.2, 0) is 19.1 Å². The van der Waals surface area contributed by atoms with Crippen molar-refractivity contribution < 1.29 is 24.2 Å². The SMILES string of the molecule is C=C[C@@]1(C)[C@@H](O)[C@H]2OC(=O)C(=C)[C@H]2[C@H](OCC(C)C)[C@@H]1C(=C)C=O. The molecule has 1 saturated heterocycles. The first-order valence-corrected chi connectivity index (χ1v) is 8.16. The lowest BCUT2D eigenvalue weighted by atomic mass is 9.57. The van der Waals surface area contributed by atoms with E-state index in [9.17, 15) is 14.7 Å². The Morgan fingerprint density at radius 2 is 2.12 bits per heavy atom. The molecule has 1 heterocycles. The highest BCUT2D eigenvalue weighted by molar-refractivity contribution is 5.91. The third kappa shape index (κ3) is 2.76. The van der Waals surface area contributed by atoms with Crippen molar-refractivity contribution in [2.24, 2.45) is 23.2 Å². The van der Waals surface area contributed by atoms with Gasteiger partial charge in [-0.15, -0.1) is 6.58 Å². The van der Waals surface area contributed by atoms with Gasteiger partial charge in [-0.2, -0.15) is 0 Å². The van der Waals surface area contributed by atoms with Gasteiger partial charge in [0.2, 0.25) is 0 Å². The van der Waals surface area contributed by atoms with Gasteiger partial charge < -0.3 is 14.6 Å². The first kappa shape index (κ1) is 18.6. The van der Waals surface area contributed by atoms with Crippen LogP contribution < -0.4 is 0 Å². The summed E-state index contributed by atoms with van der Waals surface area (Å²) < 4.78 is 11.4. The van der Waals surface area contributed by atoms with Gasteiger partial charge in [-0.25, -0.2) is 4.79 Å². The maximum atomic E-state index is 12.0. The van der Waals surface area contributed by atoms with E-state index in [2.05, 4.69) is 19.7 Å². The highest BCUT2D eigenvalue weighted by Gasteiger charge is 2.62. The van der Waals surface area contributed by atoms with Crippen molar-refractivity contribution in [2.45, 2.75) is 39.1 Å². The lowest BCUT2D eigenvalue weighted by Gasteiger charge is -2.51. The van der Waals surface area contributed by atoms with Gasteiger partial charge in [0.05, 0.1) is 12.0 Å². The third-order valence-electron chi connectivity index (χ3n) is 5.18. The molecule has 6 atom stereocenters. The number of carbonyl (C=O) groups excluding carboxylic acids is 2. The highest BCUT2D eigenvalue weighted by atomic mass is 16.6. The number of aldehydes is 1. The Morgan fingerprint density at radius 1 is 1.50 bits per heavy atom. The third-order valence-corrected chi connectivity index (χ3v) is 5.18. The summed E-state index contributed by atoms with van der Waals surface area (Å²) in [6, 6.07) is 0. The van der Waals surface area contributed by atoms with Crippen molar-refractivity contribution in [2.75, 3.05) is 6.61 Å².